The molecule has 1 saturated heterocycles. The van der Waals surface area contributed by atoms with Crippen LogP contribution in [0.25, 0.3) is 0 Å². The highest BCUT2D eigenvalue weighted by Gasteiger charge is 2.31. The number of nitrogens with zero attached hydrogens (tertiary/aromatic N) is 2. The number of carbonyl (C=O) groups excluding carboxylic acids is 1. The molecule has 8 heteroatoms. The summed E-state index contributed by atoms with van der Waals surface area (Å²) < 4.78 is 44.1. The number of piperazine rings is 1. The maximum atomic E-state index is 12.9. The van der Waals surface area contributed by atoms with Crippen molar-refractivity contribution in [1.29, 1.82) is 0 Å². The van der Waals surface area contributed by atoms with E-state index in [1.54, 1.807) is 25.0 Å². The van der Waals surface area contributed by atoms with E-state index < -0.39 is 17.8 Å². The number of benzene rings is 2. The predicted octanol–water partition coefficient (Wildman–Crippen LogP) is 4.31. The van der Waals surface area contributed by atoms with Gasteiger partial charge in [-0.3, -0.25) is 0 Å². The monoisotopic (exact) mass is 407 g/mol. The molecular formula is C21H24F3N3O2. The smallest absolute Gasteiger partial charge is 0.416 e. The van der Waals surface area contributed by atoms with Crippen LogP contribution in [0.15, 0.2) is 48.5 Å². The van der Waals surface area contributed by atoms with E-state index in [1.807, 2.05) is 24.3 Å². The molecule has 0 bridgehead atoms. The molecular weight excluding hydrogens is 383 g/mol. The van der Waals surface area contributed by atoms with Crippen LogP contribution in [0.4, 0.5) is 23.7 Å². The van der Waals surface area contributed by atoms with Crippen molar-refractivity contribution in [2.24, 2.45) is 0 Å². The summed E-state index contributed by atoms with van der Waals surface area (Å²) in [5, 5.41) is 2.80. The summed E-state index contributed by atoms with van der Waals surface area (Å²) in [5.74, 6) is 0.781. The van der Waals surface area contributed by atoms with Gasteiger partial charge in [0.2, 0.25) is 0 Å². The van der Waals surface area contributed by atoms with Crippen LogP contribution in [-0.2, 0) is 6.18 Å². The van der Waals surface area contributed by atoms with Crippen molar-refractivity contribution in [3.63, 3.8) is 0 Å². The molecule has 0 saturated carbocycles. The lowest BCUT2D eigenvalue weighted by Crippen LogP contribution is -2.52. The summed E-state index contributed by atoms with van der Waals surface area (Å²) in [6, 6.07) is 11.9. The Morgan fingerprint density at radius 1 is 1.07 bits per heavy atom. The van der Waals surface area contributed by atoms with Crippen LogP contribution in [0.1, 0.15) is 24.1 Å². The SMILES string of the molecule is COc1ccccc1N1CCN(C(=O)NC(C)c2cccc(C(F)(F)F)c2)CC1. The van der Waals surface area contributed by atoms with E-state index >= 15 is 0 Å². The Labute approximate surface area is 168 Å². The van der Waals surface area contributed by atoms with Crippen molar-refractivity contribution in [1.82, 2.24) is 10.2 Å². The number of ether oxygens (including phenoxy) is 1. The number of urea groups is 1. The molecule has 0 aromatic heterocycles. The third-order valence-electron chi connectivity index (χ3n) is 5.05. The molecule has 156 valence electrons. The molecule has 1 aliphatic rings. The summed E-state index contributed by atoms with van der Waals surface area (Å²) in [5.41, 5.74) is 0.676. The van der Waals surface area contributed by atoms with E-state index in [0.717, 1.165) is 23.6 Å². The van der Waals surface area contributed by atoms with Crippen molar-refractivity contribution in [3.05, 3.63) is 59.7 Å². The predicted molar refractivity (Wildman–Crippen MR) is 105 cm³/mol. The van der Waals surface area contributed by atoms with Crippen molar-refractivity contribution >= 4 is 11.7 Å². The lowest BCUT2D eigenvalue weighted by atomic mass is 10.1. The number of nitrogens with one attached hydrogen (secondary N) is 1. The summed E-state index contributed by atoms with van der Waals surface area (Å²) in [6.45, 7) is 3.99. The van der Waals surface area contributed by atoms with Gasteiger partial charge in [-0.05, 0) is 36.8 Å². The number of halogens is 3. The van der Waals surface area contributed by atoms with Crippen LogP contribution in [0.2, 0.25) is 0 Å². The highest BCUT2D eigenvalue weighted by molar-refractivity contribution is 5.75. The second-order valence-electron chi connectivity index (χ2n) is 6.94. The van der Waals surface area contributed by atoms with E-state index in [1.165, 1.54) is 6.07 Å². The van der Waals surface area contributed by atoms with Crippen LogP contribution in [0.3, 0.4) is 0 Å². The zero-order valence-electron chi connectivity index (χ0n) is 16.4. The largest absolute Gasteiger partial charge is 0.495 e. The maximum absolute atomic E-state index is 12.9. The number of amides is 2. The minimum atomic E-state index is -4.41. The summed E-state index contributed by atoms with van der Waals surface area (Å²) >= 11 is 0. The van der Waals surface area contributed by atoms with Crippen molar-refractivity contribution in [2.45, 2.75) is 19.1 Å². The van der Waals surface area contributed by atoms with Gasteiger partial charge in [0.15, 0.2) is 0 Å². The summed E-state index contributed by atoms with van der Waals surface area (Å²) in [4.78, 5) is 16.4. The second-order valence-corrected chi connectivity index (χ2v) is 6.94. The molecule has 1 fully saturated rings. The quantitative estimate of drug-likeness (QED) is 0.822. The highest BCUT2D eigenvalue weighted by atomic mass is 19.4. The molecule has 0 radical (unpaired) electrons. The molecule has 2 aromatic carbocycles. The average molecular weight is 407 g/mol. The summed E-state index contributed by atoms with van der Waals surface area (Å²) in [7, 11) is 1.62. The van der Waals surface area contributed by atoms with Gasteiger partial charge >= 0.3 is 12.2 Å². The fourth-order valence-electron chi connectivity index (χ4n) is 3.39. The normalized spacial score (nSPS) is 15.8. The first-order chi connectivity index (χ1) is 13.8. The topological polar surface area (TPSA) is 44.8 Å². The third-order valence-corrected chi connectivity index (χ3v) is 5.05. The lowest BCUT2D eigenvalue weighted by Gasteiger charge is -2.37. The zero-order valence-corrected chi connectivity index (χ0v) is 16.4. The molecule has 1 aliphatic heterocycles. The number of rotatable bonds is 4. The van der Waals surface area contributed by atoms with Gasteiger partial charge in [-0.1, -0.05) is 24.3 Å². The van der Waals surface area contributed by atoms with Crippen LogP contribution >= 0.6 is 0 Å². The van der Waals surface area contributed by atoms with Gasteiger partial charge in [0.05, 0.1) is 24.4 Å². The molecule has 1 heterocycles. The summed E-state index contributed by atoms with van der Waals surface area (Å²) in [6.07, 6.45) is -4.41. The Hall–Kier alpha value is -2.90. The Bertz CT molecular complexity index is 849. The van der Waals surface area contributed by atoms with E-state index in [4.69, 9.17) is 4.74 Å². The number of hydrogen-bond acceptors (Lipinski definition) is 3. The fourth-order valence-corrected chi connectivity index (χ4v) is 3.39. The van der Waals surface area contributed by atoms with E-state index in [0.29, 0.717) is 31.7 Å². The number of anilines is 1. The first-order valence-corrected chi connectivity index (χ1v) is 9.40. The zero-order chi connectivity index (χ0) is 21.0. The van der Waals surface area contributed by atoms with E-state index in [2.05, 4.69) is 10.2 Å². The van der Waals surface area contributed by atoms with Gasteiger partial charge < -0.3 is 19.9 Å². The van der Waals surface area contributed by atoms with Gasteiger partial charge in [-0.2, -0.15) is 13.2 Å². The molecule has 1 N–H and O–H groups in total. The molecule has 1 unspecified atom stereocenters. The van der Waals surface area contributed by atoms with Crippen LogP contribution < -0.4 is 15.0 Å². The Morgan fingerprint density at radius 2 is 1.76 bits per heavy atom. The lowest BCUT2D eigenvalue weighted by molar-refractivity contribution is -0.137. The molecule has 0 spiro atoms. The van der Waals surface area contributed by atoms with E-state index in [9.17, 15) is 18.0 Å². The van der Waals surface area contributed by atoms with Crippen molar-refractivity contribution < 1.29 is 22.7 Å². The Morgan fingerprint density at radius 3 is 2.41 bits per heavy atom. The van der Waals surface area contributed by atoms with Crippen LogP contribution in [0, 0.1) is 0 Å². The van der Waals surface area contributed by atoms with Gasteiger partial charge in [0.1, 0.15) is 5.75 Å². The number of methoxy groups -OCH3 is 1. The van der Waals surface area contributed by atoms with Crippen molar-refractivity contribution in [2.75, 3.05) is 38.2 Å². The third kappa shape index (κ3) is 4.93. The molecule has 2 amide bonds. The first kappa shape index (κ1) is 20.8. The van der Waals surface area contributed by atoms with E-state index in [-0.39, 0.29) is 6.03 Å². The molecule has 0 aliphatic carbocycles. The highest BCUT2D eigenvalue weighted by Crippen LogP contribution is 2.31. The van der Waals surface area contributed by atoms with Gasteiger partial charge in [0, 0.05) is 26.2 Å². The maximum Gasteiger partial charge on any atom is 0.416 e. The minimum absolute atomic E-state index is 0.283. The first-order valence-electron chi connectivity index (χ1n) is 9.40. The molecule has 3 rings (SSSR count). The standard InChI is InChI=1S/C21H24F3N3O2/c1-15(16-6-5-7-17(14-16)21(22,23)24)25-20(28)27-12-10-26(11-13-27)18-8-3-4-9-19(18)29-2/h3-9,14-15H,10-13H2,1-2H3,(H,25,28). The molecule has 1 atom stereocenters. The number of hydrogen-bond donors (Lipinski definition) is 1. The Kier molecular flexibility index (Phi) is 6.20. The second kappa shape index (κ2) is 8.63. The van der Waals surface area contributed by atoms with Gasteiger partial charge in [-0.25, -0.2) is 4.79 Å². The van der Waals surface area contributed by atoms with Crippen LogP contribution in [0.5, 0.6) is 5.75 Å². The minimum Gasteiger partial charge on any atom is -0.495 e. The van der Waals surface area contributed by atoms with Crippen molar-refractivity contribution in [3.8, 4) is 5.75 Å². The molecule has 29 heavy (non-hydrogen) atoms. The number of para-hydroxylation sites is 2. The average Bonchev–Trinajstić information content (AvgIpc) is 2.73. The molecule has 5 nitrogen and oxygen atoms in total. The molecule has 2 aromatic rings. The Balaban J connectivity index is 1.59. The van der Waals surface area contributed by atoms with Gasteiger partial charge in [-0.15, -0.1) is 0 Å². The van der Waals surface area contributed by atoms with Crippen LogP contribution in [-0.4, -0.2) is 44.2 Å². The number of alkyl halides is 3. The van der Waals surface area contributed by atoms with Gasteiger partial charge in [0.25, 0.3) is 0 Å². The fraction of sp³-hybridized carbons (Fsp3) is 0.381. The number of carbonyl (C=O) groups is 1.